The minimum absolute atomic E-state index is 0.0324. The number of phenolic OH excluding ortho intramolecular Hbond substituents is 2. The van der Waals surface area contributed by atoms with Crippen molar-refractivity contribution in [1.29, 1.82) is 0 Å². The van der Waals surface area contributed by atoms with E-state index in [2.05, 4.69) is 43.8 Å². The van der Waals surface area contributed by atoms with Crippen LogP contribution in [0.15, 0.2) is 84.9 Å². The van der Waals surface area contributed by atoms with E-state index >= 15 is 0 Å². The maximum atomic E-state index is 12.5. The van der Waals surface area contributed by atoms with Gasteiger partial charge in [-0.1, -0.05) is 42.2 Å². The van der Waals surface area contributed by atoms with E-state index in [4.69, 9.17) is 24.9 Å². The van der Waals surface area contributed by atoms with Crippen molar-refractivity contribution in [2.24, 2.45) is 0 Å². The third kappa shape index (κ3) is 10.8. The zero-order valence-corrected chi connectivity index (χ0v) is 34.7. The molecule has 4 aromatic carbocycles. The van der Waals surface area contributed by atoms with Crippen LogP contribution in [0.3, 0.4) is 0 Å². The Morgan fingerprint density at radius 1 is 0.820 bits per heavy atom. The first-order chi connectivity index (χ1) is 29.5. The SMILES string of the molecule is CC(C)(C)OC(=O)N1CC[C@H](Nc2nc(-c3ccccc3O)nc3ccc(C#CCO)cc23)C1.OCCCc1ccc2nc(-c3ccccc3O)nc(N[C@H]3CCNC3)c2c1. The highest BCUT2D eigenvalue weighted by molar-refractivity contribution is 5.93. The van der Waals surface area contributed by atoms with Crippen LogP contribution in [-0.2, 0) is 11.2 Å². The number of aromatic hydroxyl groups is 2. The molecule has 2 aromatic heterocycles. The van der Waals surface area contributed by atoms with Crippen LogP contribution in [0.1, 0.15) is 51.2 Å². The van der Waals surface area contributed by atoms with Gasteiger partial charge >= 0.3 is 6.09 Å². The standard InChI is InChI=1S/C26H28N4O4.C21H24N4O2/c1-26(2,3)34-25(33)30-13-12-18(16-30)27-24-20-15-17(7-6-14-31)10-11-21(20)28-23(29-24)19-8-4-5-9-22(19)32;26-11-3-4-14-7-8-18-17(12-14)21(23-15-9-10-22-13-15)25-20(24-18)16-5-1-2-6-19(16)27/h4-5,8-11,15,18,31-32H,12-14,16H2,1-3H3,(H,27,28,29);1-2,5-8,12,15,22,26-27H,3-4,9-11,13H2,(H,23,24,25)/t18-;15-/m00/s1. The lowest BCUT2D eigenvalue weighted by Crippen LogP contribution is -2.36. The van der Waals surface area contributed by atoms with E-state index < -0.39 is 5.60 Å². The number of ether oxygens (including phenoxy) is 1. The van der Waals surface area contributed by atoms with Crippen LogP contribution in [0.25, 0.3) is 44.6 Å². The summed E-state index contributed by atoms with van der Waals surface area (Å²) in [5.74, 6) is 8.12. The number of rotatable bonds is 9. The zero-order chi connectivity index (χ0) is 42.9. The molecule has 0 saturated carbocycles. The predicted octanol–water partition coefficient (Wildman–Crippen LogP) is 6.47. The van der Waals surface area contributed by atoms with Gasteiger partial charge in [0.1, 0.15) is 35.3 Å². The first-order valence-electron chi connectivity index (χ1n) is 20.6. The number of para-hydroxylation sites is 2. The van der Waals surface area contributed by atoms with E-state index in [0.717, 1.165) is 72.0 Å². The molecule has 2 saturated heterocycles. The number of hydrogen-bond donors (Lipinski definition) is 7. The number of fused-ring (bicyclic) bond motifs is 2. The fraction of sp³-hybridized carbons (Fsp3) is 0.340. The summed E-state index contributed by atoms with van der Waals surface area (Å²) < 4.78 is 5.50. The van der Waals surface area contributed by atoms with Gasteiger partial charge in [0, 0.05) is 54.7 Å². The average molecular weight is 825 g/mol. The Bertz CT molecular complexity index is 2560. The molecule has 316 valence electrons. The molecule has 2 aliphatic heterocycles. The molecule has 4 heterocycles. The molecule has 0 aliphatic carbocycles. The van der Waals surface area contributed by atoms with E-state index in [1.807, 2.05) is 69.3 Å². The highest BCUT2D eigenvalue weighted by Gasteiger charge is 2.30. The summed E-state index contributed by atoms with van der Waals surface area (Å²) in [4.78, 5) is 33.0. The van der Waals surface area contributed by atoms with Crippen molar-refractivity contribution in [3.63, 3.8) is 0 Å². The number of aliphatic hydroxyl groups excluding tert-OH is 2. The number of amides is 1. The number of nitrogens with one attached hydrogen (secondary N) is 3. The Kier molecular flexibility index (Phi) is 13.4. The summed E-state index contributed by atoms with van der Waals surface area (Å²) in [7, 11) is 0. The highest BCUT2D eigenvalue weighted by Crippen LogP contribution is 2.33. The molecule has 14 nitrogen and oxygen atoms in total. The summed E-state index contributed by atoms with van der Waals surface area (Å²) in [6, 6.07) is 26.0. The molecule has 0 spiro atoms. The second kappa shape index (κ2) is 19.2. The number of anilines is 2. The molecule has 2 atom stereocenters. The van der Waals surface area contributed by atoms with E-state index in [-0.39, 0.29) is 36.8 Å². The minimum Gasteiger partial charge on any atom is -0.507 e. The van der Waals surface area contributed by atoms with Crippen LogP contribution in [0.2, 0.25) is 0 Å². The quantitative estimate of drug-likeness (QED) is 0.0785. The molecule has 2 aliphatic rings. The van der Waals surface area contributed by atoms with Crippen molar-refractivity contribution in [3.8, 4) is 46.1 Å². The third-order valence-electron chi connectivity index (χ3n) is 10.3. The number of carbonyl (C=O) groups is 1. The van der Waals surface area contributed by atoms with Crippen LogP contribution >= 0.6 is 0 Å². The van der Waals surface area contributed by atoms with Crippen LogP contribution in [-0.4, -0.2) is 108 Å². The van der Waals surface area contributed by atoms with Crippen molar-refractivity contribution in [2.45, 2.75) is 64.1 Å². The topological polar surface area (TPSA) is 198 Å². The van der Waals surface area contributed by atoms with E-state index in [9.17, 15) is 15.0 Å². The first-order valence-corrected chi connectivity index (χ1v) is 20.6. The molecular formula is C47H52N8O6. The average Bonchev–Trinajstić information content (AvgIpc) is 3.95. The van der Waals surface area contributed by atoms with Gasteiger partial charge in [0.25, 0.3) is 0 Å². The molecular weight excluding hydrogens is 773 g/mol. The second-order valence-corrected chi connectivity index (χ2v) is 16.1. The van der Waals surface area contributed by atoms with Gasteiger partial charge in [0.05, 0.1) is 22.2 Å². The van der Waals surface area contributed by atoms with Crippen LogP contribution < -0.4 is 16.0 Å². The largest absolute Gasteiger partial charge is 0.507 e. The zero-order valence-electron chi connectivity index (χ0n) is 34.7. The van der Waals surface area contributed by atoms with Crippen molar-refractivity contribution in [2.75, 3.05) is 50.0 Å². The van der Waals surface area contributed by atoms with Crippen molar-refractivity contribution in [1.82, 2.24) is 30.2 Å². The number of nitrogens with zero attached hydrogens (tertiary/aromatic N) is 5. The Morgan fingerprint density at radius 2 is 1.44 bits per heavy atom. The number of likely N-dealkylation sites (tertiary alicyclic amines) is 1. The Hall–Kier alpha value is -6.53. The summed E-state index contributed by atoms with van der Waals surface area (Å²) >= 11 is 0. The summed E-state index contributed by atoms with van der Waals surface area (Å²) in [5.41, 5.74) is 4.00. The van der Waals surface area contributed by atoms with E-state index in [1.54, 1.807) is 35.2 Å². The molecule has 2 fully saturated rings. The normalized spacial score (nSPS) is 16.1. The number of aromatic nitrogens is 4. The summed E-state index contributed by atoms with van der Waals surface area (Å²) in [5, 5.41) is 50.8. The van der Waals surface area contributed by atoms with Crippen molar-refractivity contribution >= 4 is 39.5 Å². The van der Waals surface area contributed by atoms with Gasteiger partial charge in [-0.3, -0.25) is 0 Å². The number of benzene rings is 4. The van der Waals surface area contributed by atoms with Crippen LogP contribution in [0, 0.1) is 11.8 Å². The molecule has 0 bridgehead atoms. The summed E-state index contributed by atoms with van der Waals surface area (Å²) in [6.07, 6.45) is 3.00. The van der Waals surface area contributed by atoms with Crippen molar-refractivity contribution < 1.29 is 30.0 Å². The maximum absolute atomic E-state index is 12.5. The van der Waals surface area contributed by atoms with E-state index in [1.165, 1.54) is 0 Å². The molecule has 61 heavy (non-hydrogen) atoms. The minimum atomic E-state index is -0.552. The van der Waals surface area contributed by atoms with E-state index in [0.29, 0.717) is 53.2 Å². The second-order valence-electron chi connectivity index (χ2n) is 16.1. The molecule has 0 radical (unpaired) electrons. The lowest BCUT2D eigenvalue weighted by molar-refractivity contribution is 0.0293. The maximum Gasteiger partial charge on any atom is 0.410 e. The fourth-order valence-electron chi connectivity index (χ4n) is 7.28. The third-order valence-corrected chi connectivity index (χ3v) is 10.3. The van der Waals surface area contributed by atoms with Gasteiger partial charge in [0.2, 0.25) is 0 Å². The monoisotopic (exact) mass is 824 g/mol. The molecule has 7 N–H and O–H groups in total. The lowest BCUT2D eigenvalue weighted by Gasteiger charge is -2.24. The highest BCUT2D eigenvalue weighted by atomic mass is 16.6. The van der Waals surface area contributed by atoms with Gasteiger partial charge in [0.15, 0.2) is 11.6 Å². The Morgan fingerprint density at radius 3 is 2.03 bits per heavy atom. The van der Waals surface area contributed by atoms with Crippen LogP contribution in [0.5, 0.6) is 11.5 Å². The Labute approximate surface area is 355 Å². The number of carbonyl (C=O) groups excluding carboxylic acids is 1. The predicted molar refractivity (Wildman–Crippen MR) is 237 cm³/mol. The fourth-order valence-corrected chi connectivity index (χ4v) is 7.28. The molecule has 1 amide bonds. The smallest absolute Gasteiger partial charge is 0.410 e. The summed E-state index contributed by atoms with van der Waals surface area (Å²) in [6.45, 7) is 8.46. The number of phenols is 2. The van der Waals surface area contributed by atoms with Gasteiger partial charge in [-0.15, -0.1) is 0 Å². The van der Waals surface area contributed by atoms with Gasteiger partial charge < -0.3 is 46.0 Å². The van der Waals surface area contributed by atoms with Crippen LogP contribution in [0.4, 0.5) is 16.4 Å². The van der Waals surface area contributed by atoms with Gasteiger partial charge in [-0.05, 0) is 113 Å². The van der Waals surface area contributed by atoms with Gasteiger partial charge in [-0.2, -0.15) is 0 Å². The first kappa shape index (κ1) is 42.6. The van der Waals surface area contributed by atoms with Gasteiger partial charge in [-0.25, -0.2) is 24.7 Å². The number of aryl methyl sites for hydroxylation is 1. The molecule has 8 rings (SSSR count). The molecule has 6 aromatic rings. The lowest BCUT2D eigenvalue weighted by atomic mass is 10.1. The Balaban J connectivity index is 0.000000189. The van der Waals surface area contributed by atoms with Crippen molar-refractivity contribution in [3.05, 3.63) is 96.1 Å². The molecule has 0 unspecified atom stereocenters. The number of aliphatic hydroxyl groups is 2. The number of hydrogen-bond acceptors (Lipinski definition) is 13. The molecule has 14 heteroatoms.